The van der Waals surface area contributed by atoms with Crippen molar-refractivity contribution in [3.8, 4) is 0 Å². The maximum absolute atomic E-state index is 12.8. The maximum Gasteiger partial charge on any atom is 0.330 e. The van der Waals surface area contributed by atoms with Crippen LogP contribution in [0.5, 0.6) is 0 Å². The van der Waals surface area contributed by atoms with E-state index in [4.69, 9.17) is 47.4 Å². The van der Waals surface area contributed by atoms with Gasteiger partial charge in [-0.2, -0.15) is 0 Å². The molecule has 0 spiro atoms. The van der Waals surface area contributed by atoms with E-state index in [1.165, 1.54) is 30.4 Å². The predicted octanol–water partition coefficient (Wildman–Crippen LogP) is -0.856. The van der Waals surface area contributed by atoms with Crippen molar-refractivity contribution in [3.63, 3.8) is 0 Å². The van der Waals surface area contributed by atoms with Crippen LogP contribution in [0.1, 0.15) is 34.6 Å². The first-order valence-corrected chi connectivity index (χ1v) is 19.5. The minimum Gasteiger partial charge on any atom is -0.460 e. The fraction of sp³-hybridized carbons (Fsp3) is 0.610. The van der Waals surface area contributed by atoms with Gasteiger partial charge in [-0.15, -0.1) is 0 Å². The molecular formula is C41H62O21. The molecule has 5 unspecified atom stereocenters. The molecule has 0 aromatic heterocycles. The largest absolute Gasteiger partial charge is 0.460 e. The summed E-state index contributed by atoms with van der Waals surface area (Å²) in [6.07, 6.45) is -1.14. The van der Waals surface area contributed by atoms with Gasteiger partial charge in [0.15, 0.2) is 6.29 Å². The van der Waals surface area contributed by atoms with Crippen LogP contribution in [0.15, 0.2) is 60.8 Å². The monoisotopic (exact) mass is 890 g/mol. The quantitative estimate of drug-likeness (QED) is 0.0224. The smallest absolute Gasteiger partial charge is 0.330 e. The first-order chi connectivity index (χ1) is 29.6. The van der Waals surface area contributed by atoms with Crippen LogP contribution in [0.2, 0.25) is 0 Å². The Balaban J connectivity index is 6.96. The summed E-state index contributed by atoms with van der Waals surface area (Å²) in [6, 6.07) is 0. The summed E-state index contributed by atoms with van der Waals surface area (Å²) in [5.74, 6) is -3.85. The van der Waals surface area contributed by atoms with Gasteiger partial charge in [0.25, 0.3) is 0 Å². The second kappa shape index (κ2) is 35.9. The van der Waals surface area contributed by atoms with E-state index in [9.17, 15) is 54.3 Å². The van der Waals surface area contributed by atoms with E-state index in [-0.39, 0.29) is 6.29 Å². The third-order valence-electron chi connectivity index (χ3n) is 7.29. The Morgan fingerprint density at radius 3 is 1.00 bits per heavy atom. The summed E-state index contributed by atoms with van der Waals surface area (Å²) in [7, 11) is 0. The van der Waals surface area contributed by atoms with Crippen LogP contribution in [-0.2, 0) is 76.1 Å². The lowest BCUT2D eigenvalue weighted by molar-refractivity contribution is -0.209. The molecule has 0 aromatic carbocycles. The third kappa shape index (κ3) is 28.8. The molecule has 5 N–H and O–H groups in total. The summed E-state index contributed by atoms with van der Waals surface area (Å²) < 4.78 is 54.2. The third-order valence-corrected chi connectivity index (χ3v) is 7.29. The number of aliphatic hydroxyl groups excluding tert-OH is 5. The lowest BCUT2D eigenvalue weighted by Crippen LogP contribution is -2.54. The van der Waals surface area contributed by atoms with Gasteiger partial charge in [0, 0.05) is 30.4 Å². The predicted molar refractivity (Wildman–Crippen MR) is 215 cm³/mol. The highest BCUT2D eigenvalue weighted by atomic mass is 16.6. The number of hydrogen-bond acceptors (Lipinski definition) is 21. The highest BCUT2D eigenvalue weighted by Crippen LogP contribution is 2.20. The highest BCUT2D eigenvalue weighted by molar-refractivity contribution is 5.83. The van der Waals surface area contributed by atoms with Crippen molar-refractivity contribution in [2.24, 2.45) is 0 Å². The van der Waals surface area contributed by atoms with Gasteiger partial charge >= 0.3 is 29.8 Å². The molecule has 0 rings (SSSR count). The average Bonchev–Trinajstić information content (AvgIpc) is 3.23. The minimum atomic E-state index is -1.74. The molecule has 0 aliphatic carbocycles. The molecule has 0 saturated carbocycles. The van der Waals surface area contributed by atoms with Crippen LogP contribution in [0, 0.1) is 0 Å². The zero-order chi connectivity index (χ0) is 46.7. The lowest BCUT2D eigenvalue weighted by atomic mass is 10.0. The average molecular weight is 891 g/mol. The second-order valence-corrected chi connectivity index (χ2v) is 12.9. The molecule has 0 saturated heterocycles. The summed E-state index contributed by atoms with van der Waals surface area (Å²) in [6.45, 7) is 1.43. The Morgan fingerprint density at radius 1 is 0.387 bits per heavy atom. The lowest BCUT2D eigenvalue weighted by Gasteiger charge is -2.37. The van der Waals surface area contributed by atoms with Crippen LogP contribution in [-0.4, -0.2) is 189 Å². The number of ether oxygens (including phenoxy) is 10. The number of carbonyl (C=O) groups excluding carboxylic acids is 6. The summed E-state index contributed by atoms with van der Waals surface area (Å²) in [4.78, 5) is 72.0. The molecule has 0 fully saturated rings. The topological polar surface area (TPSA) is 296 Å². The Morgan fingerprint density at radius 2 is 0.677 bits per heavy atom. The summed E-state index contributed by atoms with van der Waals surface area (Å²) in [5, 5.41) is 53.2. The van der Waals surface area contributed by atoms with E-state index in [1.807, 2.05) is 0 Å². The Labute approximate surface area is 360 Å². The number of esters is 5. The molecule has 0 aliphatic rings. The fourth-order valence-corrected chi connectivity index (χ4v) is 4.51. The Hall–Kier alpha value is -4.68. The van der Waals surface area contributed by atoms with E-state index in [2.05, 4.69) is 0 Å². The van der Waals surface area contributed by atoms with Crippen molar-refractivity contribution >= 4 is 36.1 Å². The van der Waals surface area contributed by atoms with Crippen molar-refractivity contribution in [1.29, 1.82) is 0 Å². The van der Waals surface area contributed by atoms with Gasteiger partial charge in [-0.25, -0.2) is 24.0 Å². The van der Waals surface area contributed by atoms with Crippen molar-refractivity contribution in [3.05, 3.63) is 60.8 Å². The van der Waals surface area contributed by atoms with E-state index >= 15 is 0 Å². The number of carbonyl (C=O) groups is 6. The Kier molecular flexibility index (Phi) is 33.2. The molecule has 0 bridgehead atoms. The number of aldehydes is 1. The van der Waals surface area contributed by atoms with Crippen LogP contribution < -0.4 is 0 Å². The minimum absolute atomic E-state index is 0.240. The number of hydrogen-bond donors (Lipinski definition) is 5. The summed E-state index contributed by atoms with van der Waals surface area (Å²) in [5.41, 5.74) is 0. The van der Waals surface area contributed by atoms with Gasteiger partial charge in [-0.05, 0) is 34.6 Å². The number of allylic oxidation sites excluding steroid dienone is 5. The molecule has 9 atom stereocenters. The van der Waals surface area contributed by atoms with Gasteiger partial charge in [0.1, 0.15) is 88.0 Å². The standard InChI is InChI=1S/C41H62O21/c1-6-11-35(48)56-20-28(43)17-53-27-34(55-19-30(45)22-58-37(50)13-8-3)41(62-26-32(47)24-60-39(52)15-10-5)40(61-25-31(46)23-59-38(51)14-9-4)33(16-42)54-18-29(44)21-57-36(49)12-7-2/h6-16,28-34,40-41,43-47H,17-27H2,1-5H3/t28?,29?,30?,31?,32?,33-,34+,40+,41+/m0/s1. The molecule has 0 aromatic rings. The van der Waals surface area contributed by atoms with Crippen LogP contribution in [0.4, 0.5) is 0 Å². The number of rotatable bonds is 35. The zero-order valence-corrected chi connectivity index (χ0v) is 35.6. The Bertz CT molecular complexity index is 1440. The fourth-order valence-electron chi connectivity index (χ4n) is 4.51. The molecule has 0 aliphatic heterocycles. The first kappa shape index (κ1) is 57.3. The van der Waals surface area contributed by atoms with Gasteiger partial charge < -0.3 is 77.7 Å². The molecule has 0 radical (unpaired) electrons. The molecular weight excluding hydrogens is 828 g/mol. The number of aliphatic hydroxyl groups is 5. The molecule has 352 valence electrons. The molecule has 62 heavy (non-hydrogen) atoms. The highest BCUT2D eigenvalue weighted by Gasteiger charge is 2.40. The summed E-state index contributed by atoms with van der Waals surface area (Å²) >= 11 is 0. The normalized spacial score (nSPS) is 16.4. The van der Waals surface area contributed by atoms with Crippen LogP contribution in [0.3, 0.4) is 0 Å². The first-order valence-electron chi connectivity index (χ1n) is 19.5. The van der Waals surface area contributed by atoms with Gasteiger partial charge in [0.05, 0.1) is 39.6 Å². The van der Waals surface area contributed by atoms with Gasteiger partial charge in [0.2, 0.25) is 0 Å². The van der Waals surface area contributed by atoms with E-state index < -0.39 is 157 Å². The van der Waals surface area contributed by atoms with Gasteiger partial charge in [-0.3, -0.25) is 0 Å². The molecule has 21 nitrogen and oxygen atoms in total. The van der Waals surface area contributed by atoms with Gasteiger partial charge in [-0.1, -0.05) is 30.4 Å². The molecule has 0 heterocycles. The van der Waals surface area contributed by atoms with E-state index in [0.717, 1.165) is 30.4 Å². The van der Waals surface area contributed by atoms with Crippen LogP contribution in [0.25, 0.3) is 0 Å². The van der Waals surface area contributed by atoms with Crippen molar-refractivity contribution in [2.75, 3.05) is 72.7 Å². The SMILES string of the molecule is CC=CC(=O)OCC(O)COC[C@@H](OCC(O)COC(=O)C=CC)[C@@H](OCC(O)COC(=O)C=CC)[C@H](OCC(O)COC(=O)C=CC)[C@H](C=O)OCC(O)COC(=O)C=CC. The maximum atomic E-state index is 12.8. The van der Waals surface area contributed by atoms with Crippen molar-refractivity contribution in [1.82, 2.24) is 0 Å². The van der Waals surface area contributed by atoms with Crippen LogP contribution >= 0.6 is 0 Å². The molecule has 21 heteroatoms. The molecule has 0 amide bonds. The second-order valence-electron chi connectivity index (χ2n) is 12.9. The van der Waals surface area contributed by atoms with E-state index in [1.54, 1.807) is 34.6 Å². The zero-order valence-electron chi connectivity index (χ0n) is 35.6. The van der Waals surface area contributed by atoms with Crippen molar-refractivity contribution in [2.45, 2.75) is 89.6 Å². The van der Waals surface area contributed by atoms with Crippen molar-refractivity contribution < 1.29 is 102 Å². The van der Waals surface area contributed by atoms with E-state index in [0.29, 0.717) is 0 Å².